The summed E-state index contributed by atoms with van der Waals surface area (Å²) >= 11 is 0. The van der Waals surface area contributed by atoms with Gasteiger partial charge in [0.25, 0.3) is 0 Å². The molecule has 1 rings (SSSR count). The number of aliphatic imine (C=N–C) groups is 1. The fourth-order valence-corrected chi connectivity index (χ4v) is 0.742. The van der Waals surface area contributed by atoms with E-state index in [9.17, 15) is 0 Å². The molecule has 0 radical (unpaired) electrons. The number of aliphatic hydroxyl groups is 1. The van der Waals surface area contributed by atoms with E-state index in [0.29, 0.717) is 6.42 Å². The van der Waals surface area contributed by atoms with Crippen LogP contribution in [0.25, 0.3) is 0 Å². The van der Waals surface area contributed by atoms with Crippen LogP contribution >= 0.6 is 0 Å². The van der Waals surface area contributed by atoms with Gasteiger partial charge in [0.1, 0.15) is 0 Å². The third-order valence-electron chi connectivity index (χ3n) is 1.25. The minimum absolute atomic E-state index is 0.163. The Morgan fingerprint density at radius 2 is 2.00 bits per heavy atom. The van der Waals surface area contributed by atoms with E-state index < -0.39 is 0 Å². The van der Waals surface area contributed by atoms with Crippen molar-refractivity contribution in [2.45, 2.75) is 6.42 Å². The maximum atomic E-state index is 8.45. The van der Waals surface area contributed by atoms with Crippen molar-refractivity contribution in [3.8, 4) is 0 Å². The van der Waals surface area contributed by atoms with Gasteiger partial charge in [-0.15, -0.1) is 0 Å². The van der Waals surface area contributed by atoms with Crippen molar-refractivity contribution in [3.63, 3.8) is 0 Å². The third-order valence-corrected chi connectivity index (χ3v) is 1.25. The van der Waals surface area contributed by atoms with Crippen molar-refractivity contribution in [1.29, 1.82) is 0 Å². The molecule has 11 heavy (non-hydrogen) atoms. The Kier molecular flexibility index (Phi) is 3.35. The fraction of sp³-hybridized carbons (Fsp3) is 0.222. The molecule has 0 saturated carbocycles. The van der Waals surface area contributed by atoms with Crippen molar-refractivity contribution >= 4 is 11.9 Å². The zero-order chi connectivity index (χ0) is 7.94. The Labute approximate surface area is 66.2 Å². The highest BCUT2D eigenvalue weighted by atomic mass is 16.2. The van der Waals surface area contributed by atoms with Crippen LogP contribution in [0.4, 0.5) is 5.69 Å². The third kappa shape index (κ3) is 2.96. The summed E-state index contributed by atoms with van der Waals surface area (Å²) in [6.07, 6.45) is 2.34. The molecular formula is C9H11NO. The predicted molar refractivity (Wildman–Crippen MR) is 46.3 cm³/mol. The topological polar surface area (TPSA) is 32.6 Å². The van der Waals surface area contributed by atoms with Gasteiger partial charge in [0.2, 0.25) is 0 Å². The lowest BCUT2D eigenvalue weighted by Gasteiger charge is -1.89. The highest BCUT2D eigenvalue weighted by Gasteiger charge is 1.81. The molecule has 0 aromatic heterocycles. The van der Waals surface area contributed by atoms with Crippen LogP contribution in [-0.4, -0.2) is 17.9 Å². The first kappa shape index (κ1) is 7.95. The van der Waals surface area contributed by atoms with E-state index in [-0.39, 0.29) is 6.61 Å². The second kappa shape index (κ2) is 4.63. The summed E-state index contributed by atoms with van der Waals surface area (Å²) in [5.74, 6) is 0. The standard InChI is InChI=1S/C9H11NO/c11-8-4-7-10-9-5-2-1-3-6-9/h1-3,5-7,11H,4,8H2. The van der Waals surface area contributed by atoms with E-state index in [4.69, 9.17) is 5.11 Å². The van der Waals surface area contributed by atoms with E-state index in [2.05, 4.69) is 4.99 Å². The lowest BCUT2D eigenvalue weighted by atomic mass is 10.3. The van der Waals surface area contributed by atoms with Crippen LogP contribution in [0.2, 0.25) is 0 Å². The van der Waals surface area contributed by atoms with Gasteiger partial charge in [0.15, 0.2) is 0 Å². The molecule has 58 valence electrons. The highest BCUT2D eigenvalue weighted by Crippen LogP contribution is 2.08. The number of para-hydroxylation sites is 1. The number of hydrogen-bond donors (Lipinski definition) is 1. The molecule has 0 amide bonds. The minimum atomic E-state index is 0.163. The SMILES string of the molecule is OCCC=Nc1ccccc1. The first-order chi connectivity index (χ1) is 5.43. The van der Waals surface area contributed by atoms with Gasteiger partial charge in [-0.1, -0.05) is 18.2 Å². The molecule has 0 saturated heterocycles. The second-order valence-corrected chi connectivity index (χ2v) is 2.16. The van der Waals surface area contributed by atoms with E-state index in [1.165, 1.54) is 0 Å². The smallest absolute Gasteiger partial charge is 0.0625 e. The maximum absolute atomic E-state index is 8.45. The van der Waals surface area contributed by atoms with Crippen LogP contribution in [0, 0.1) is 0 Å². The van der Waals surface area contributed by atoms with E-state index in [0.717, 1.165) is 5.69 Å². The maximum Gasteiger partial charge on any atom is 0.0625 e. The monoisotopic (exact) mass is 149 g/mol. The number of hydrogen-bond acceptors (Lipinski definition) is 2. The molecule has 1 aromatic rings. The molecule has 0 spiro atoms. The predicted octanol–water partition coefficient (Wildman–Crippen LogP) is 1.77. The Bertz CT molecular complexity index is 218. The molecule has 2 heteroatoms. The van der Waals surface area contributed by atoms with Gasteiger partial charge in [-0.2, -0.15) is 0 Å². The average molecular weight is 149 g/mol. The molecule has 1 aromatic carbocycles. The fourth-order valence-electron chi connectivity index (χ4n) is 0.742. The number of rotatable bonds is 3. The lowest BCUT2D eigenvalue weighted by molar-refractivity contribution is 0.308. The Morgan fingerprint density at radius 3 is 2.64 bits per heavy atom. The Balaban J connectivity index is 2.50. The van der Waals surface area contributed by atoms with Gasteiger partial charge in [0.05, 0.1) is 5.69 Å². The van der Waals surface area contributed by atoms with Crippen LogP contribution in [0.1, 0.15) is 6.42 Å². The van der Waals surface area contributed by atoms with Crippen molar-refractivity contribution in [2.75, 3.05) is 6.61 Å². The summed E-state index contributed by atoms with van der Waals surface area (Å²) in [7, 11) is 0. The normalized spacial score (nSPS) is 10.6. The van der Waals surface area contributed by atoms with Crippen molar-refractivity contribution in [1.82, 2.24) is 0 Å². The molecule has 1 N–H and O–H groups in total. The van der Waals surface area contributed by atoms with E-state index >= 15 is 0 Å². The molecule has 0 atom stereocenters. The molecule has 0 aliphatic heterocycles. The Hall–Kier alpha value is -1.15. The second-order valence-electron chi connectivity index (χ2n) is 2.16. The van der Waals surface area contributed by atoms with Gasteiger partial charge in [-0.05, 0) is 12.1 Å². The molecule has 0 fully saturated rings. The van der Waals surface area contributed by atoms with E-state index in [1.54, 1.807) is 6.21 Å². The van der Waals surface area contributed by atoms with Crippen LogP contribution in [0.15, 0.2) is 35.3 Å². The zero-order valence-corrected chi connectivity index (χ0v) is 6.27. The largest absolute Gasteiger partial charge is 0.396 e. The first-order valence-electron chi connectivity index (χ1n) is 3.62. The van der Waals surface area contributed by atoms with Crippen LogP contribution < -0.4 is 0 Å². The van der Waals surface area contributed by atoms with Crippen molar-refractivity contribution in [3.05, 3.63) is 30.3 Å². The zero-order valence-electron chi connectivity index (χ0n) is 6.27. The molecule has 0 bridgehead atoms. The van der Waals surface area contributed by atoms with Gasteiger partial charge in [-0.3, -0.25) is 4.99 Å². The van der Waals surface area contributed by atoms with Crippen molar-refractivity contribution < 1.29 is 5.11 Å². The molecule has 0 unspecified atom stereocenters. The van der Waals surface area contributed by atoms with Gasteiger partial charge in [0, 0.05) is 19.2 Å². The van der Waals surface area contributed by atoms with Crippen molar-refractivity contribution in [2.24, 2.45) is 4.99 Å². The summed E-state index contributed by atoms with van der Waals surface area (Å²) in [5, 5.41) is 8.45. The number of aliphatic hydroxyl groups excluding tert-OH is 1. The molecule has 0 heterocycles. The quantitative estimate of drug-likeness (QED) is 0.653. The average Bonchev–Trinajstić information content (AvgIpc) is 2.07. The summed E-state index contributed by atoms with van der Waals surface area (Å²) in [6.45, 7) is 0.163. The van der Waals surface area contributed by atoms with Gasteiger partial charge < -0.3 is 5.11 Å². The lowest BCUT2D eigenvalue weighted by Crippen LogP contribution is -1.80. The molecule has 0 aliphatic rings. The molecule has 0 aliphatic carbocycles. The first-order valence-corrected chi connectivity index (χ1v) is 3.62. The number of nitrogens with zero attached hydrogens (tertiary/aromatic N) is 1. The number of benzene rings is 1. The van der Waals surface area contributed by atoms with Crippen LogP contribution in [0.3, 0.4) is 0 Å². The highest BCUT2D eigenvalue weighted by molar-refractivity contribution is 5.62. The Morgan fingerprint density at radius 1 is 1.27 bits per heavy atom. The summed E-state index contributed by atoms with van der Waals surface area (Å²) in [4.78, 5) is 4.11. The van der Waals surface area contributed by atoms with Crippen LogP contribution in [0.5, 0.6) is 0 Å². The summed E-state index contributed by atoms with van der Waals surface area (Å²) < 4.78 is 0. The minimum Gasteiger partial charge on any atom is -0.396 e. The summed E-state index contributed by atoms with van der Waals surface area (Å²) in [6, 6.07) is 9.67. The van der Waals surface area contributed by atoms with Crippen LogP contribution in [-0.2, 0) is 0 Å². The summed E-state index contributed by atoms with van der Waals surface area (Å²) in [5.41, 5.74) is 0.931. The van der Waals surface area contributed by atoms with Gasteiger partial charge >= 0.3 is 0 Å². The van der Waals surface area contributed by atoms with E-state index in [1.807, 2.05) is 30.3 Å². The van der Waals surface area contributed by atoms with Gasteiger partial charge in [-0.25, -0.2) is 0 Å². The molecular weight excluding hydrogens is 138 g/mol. The molecule has 2 nitrogen and oxygen atoms in total.